The minimum atomic E-state index is 0.0754. The minimum Gasteiger partial charge on any atom is -0.298 e. The van der Waals surface area contributed by atoms with Crippen molar-refractivity contribution in [3.05, 3.63) is 25.9 Å². The fourth-order valence-electron chi connectivity index (χ4n) is 2.57. The molecule has 1 rings (SSSR count). The molecule has 108 valence electrons. The van der Waals surface area contributed by atoms with Crippen molar-refractivity contribution in [2.24, 2.45) is 5.41 Å². The average molecular weight is 394 g/mol. The first-order chi connectivity index (χ1) is 8.99. The van der Waals surface area contributed by atoms with Gasteiger partial charge in [0.15, 0.2) is 0 Å². The zero-order chi connectivity index (χ0) is 14.5. The quantitative estimate of drug-likeness (QED) is 0.566. The zero-order valence-corrected chi connectivity index (χ0v) is 15.0. The monoisotopic (exact) mass is 394 g/mol. The normalized spacial score (nSPS) is 11.8. The summed E-state index contributed by atoms with van der Waals surface area (Å²) >= 11 is 6.63. The minimum absolute atomic E-state index is 0.0754. The van der Waals surface area contributed by atoms with Gasteiger partial charge in [-0.1, -0.05) is 26.7 Å². The highest BCUT2D eigenvalue weighted by Gasteiger charge is 2.28. The van der Waals surface area contributed by atoms with E-state index in [2.05, 4.69) is 54.1 Å². The van der Waals surface area contributed by atoms with Gasteiger partial charge >= 0.3 is 0 Å². The van der Waals surface area contributed by atoms with Gasteiger partial charge in [-0.3, -0.25) is 9.36 Å². The maximum Gasteiger partial charge on any atom is 0.267 e. The molecule has 19 heavy (non-hydrogen) atoms. The van der Waals surface area contributed by atoms with Crippen molar-refractivity contribution in [3.8, 4) is 0 Å². The first-order valence-corrected chi connectivity index (χ1v) is 8.53. The number of thiol groups is 1. The van der Waals surface area contributed by atoms with Gasteiger partial charge in [-0.2, -0.15) is 12.6 Å². The molecule has 0 amide bonds. The van der Waals surface area contributed by atoms with Crippen LogP contribution in [0.5, 0.6) is 0 Å². The van der Waals surface area contributed by atoms with E-state index in [1.165, 1.54) is 0 Å². The van der Waals surface area contributed by atoms with Gasteiger partial charge in [-0.05, 0) is 53.5 Å². The van der Waals surface area contributed by atoms with E-state index in [0.29, 0.717) is 0 Å². The third kappa shape index (κ3) is 4.21. The van der Waals surface area contributed by atoms with Crippen LogP contribution in [0.15, 0.2) is 11.1 Å². The first kappa shape index (κ1) is 17.0. The van der Waals surface area contributed by atoms with Crippen molar-refractivity contribution in [2.75, 3.05) is 5.75 Å². The standard InChI is InChI=1S/C14H23IN2OS/c1-4-6-14(9-19,7-5-2)8-17-10-16-11(3)12(15)13(17)18/h10,19H,4-9H2,1-3H3. The lowest BCUT2D eigenvalue weighted by Crippen LogP contribution is -2.35. The van der Waals surface area contributed by atoms with Crippen molar-refractivity contribution >= 4 is 35.2 Å². The van der Waals surface area contributed by atoms with Crippen LogP contribution in [-0.2, 0) is 6.54 Å². The van der Waals surface area contributed by atoms with Crippen LogP contribution in [0, 0.1) is 15.9 Å². The molecule has 0 atom stereocenters. The summed E-state index contributed by atoms with van der Waals surface area (Å²) in [5.74, 6) is 0.811. The summed E-state index contributed by atoms with van der Waals surface area (Å²) in [4.78, 5) is 16.6. The summed E-state index contributed by atoms with van der Waals surface area (Å²) in [7, 11) is 0. The maximum absolute atomic E-state index is 12.3. The van der Waals surface area contributed by atoms with Crippen LogP contribution < -0.4 is 5.56 Å². The number of hydrogen-bond acceptors (Lipinski definition) is 3. The van der Waals surface area contributed by atoms with E-state index < -0.39 is 0 Å². The number of halogens is 1. The predicted molar refractivity (Wildman–Crippen MR) is 92.1 cm³/mol. The third-order valence-corrected chi connectivity index (χ3v) is 5.47. The Balaban J connectivity index is 3.09. The van der Waals surface area contributed by atoms with E-state index in [1.807, 2.05) is 6.92 Å². The lowest BCUT2D eigenvalue weighted by atomic mass is 9.81. The fourth-order valence-corrected chi connectivity index (χ4v) is 3.44. The molecule has 0 radical (unpaired) electrons. The molecule has 0 saturated carbocycles. The molecule has 0 aliphatic rings. The Bertz CT molecular complexity index is 467. The van der Waals surface area contributed by atoms with Crippen molar-refractivity contribution in [1.82, 2.24) is 9.55 Å². The highest BCUT2D eigenvalue weighted by atomic mass is 127. The summed E-state index contributed by atoms with van der Waals surface area (Å²) < 4.78 is 2.48. The average Bonchev–Trinajstić information content (AvgIpc) is 2.40. The van der Waals surface area contributed by atoms with Gasteiger partial charge in [0, 0.05) is 6.54 Å². The maximum atomic E-state index is 12.3. The Morgan fingerprint density at radius 1 is 1.37 bits per heavy atom. The fraction of sp³-hybridized carbons (Fsp3) is 0.714. The molecule has 3 nitrogen and oxygen atoms in total. The summed E-state index contributed by atoms with van der Waals surface area (Å²) in [5, 5.41) is 0. The molecular weight excluding hydrogens is 371 g/mol. The molecule has 0 N–H and O–H groups in total. The van der Waals surface area contributed by atoms with Gasteiger partial charge in [-0.25, -0.2) is 4.98 Å². The van der Waals surface area contributed by atoms with Crippen LogP contribution in [0.2, 0.25) is 0 Å². The molecule has 1 heterocycles. The number of nitrogens with zero attached hydrogens (tertiary/aromatic N) is 2. The molecule has 0 aromatic carbocycles. The van der Waals surface area contributed by atoms with Crippen LogP contribution >= 0.6 is 35.2 Å². The van der Waals surface area contributed by atoms with E-state index in [1.54, 1.807) is 10.9 Å². The van der Waals surface area contributed by atoms with Gasteiger partial charge < -0.3 is 0 Å². The lowest BCUT2D eigenvalue weighted by Gasteiger charge is -2.32. The SMILES string of the molecule is CCCC(CS)(CCC)Cn1cnc(C)c(I)c1=O. The molecule has 1 aromatic rings. The zero-order valence-electron chi connectivity index (χ0n) is 11.9. The van der Waals surface area contributed by atoms with E-state index >= 15 is 0 Å². The second-order valence-corrected chi connectivity index (χ2v) is 6.63. The Morgan fingerprint density at radius 3 is 2.42 bits per heavy atom. The highest BCUT2D eigenvalue weighted by Crippen LogP contribution is 2.32. The van der Waals surface area contributed by atoms with E-state index in [9.17, 15) is 4.79 Å². The van der Waals surface area contributed by atoms with Gasteiger partial charge in [0.1, 0.15) is 0 Å². The molecule has 0 spiro atoms. The Morgan fingerprint density at radius 2 is 1.95 bits per heavy atom. The van der Waals surface area contributed by atoms with Crippen LogP contribution in [0.4, 0.5) is 0 Å². The molecule has 0 saturated heterocycles. The van der Waals surface area contributed by atoms with Gasteiger partial charge in [0.25, 0.3) is 5.56 Å². The number of aryl methyl sites for hydroxylation is 1. The summed E-state index contributed by atoms with van der Waals surface area (Å²) in [5.41, 5.74) is 0.993. The van der Waals surface area contributed by atoms with Gasteiger partial charge in [0.05, 0.1) is 15.6 Å². The van der Waals surface area contributed by atoms with E-state index in [0.717, 1.165) is 47.2 Å². The Labute approximate surface area is 134 Å². The van der Waals surface area contributed by atoms with E-state index in [4.69, 9.17) is 0 Å². The topological polar surface area (TPSA) is 34.9 Å². The number of aromatic nitrogens is 2. The van der Waals surface area contributed by atoms with Crippen molar-refractivity contribution in [2.45, 2.75) is 53.0 Å². The summed E-state index contributed by atoms with van der Waals surface area (Å²) in [6.45, 7) is 6.97. The predicted octanol–water partition coefficient (Wildman–Crippen LogP) is 3.67. The largest absolute Gasteiger partial charge is 0.298 e. The first-order valence-electron chi connectivity index (χ1n) is 6.82. The Hall–Kier alpha value is -0.0400. The highest BCUT2D eigenvalue weighted by molar-refractivity contribution is 14.1. The third-order valence-electron chi connectivity index (χ3n) is 3.56. The van der Waals surface area contributed by atoms with Crippen LogP contribution in [-0.4, -0.2) is 15.3 Å². The van der Waals surface area contributed by atoms with Crippen molar-refractivity contribution in [1.29, 1.82) is 0 Å². The smallest absolute Gasteiger partial charge is 0.267 e. The molecule has 0 aliphatic heterocycles. The molecule has 0 bridgehead atoms. The van der Waals surface area contributed by atoms with Crippen molar-refractivity contribution in [3.63, 3.8) is 0 Å². The van der Waals surface area contributed by atoms with Gasteiger partial charge in [-0.15, -0.1) is 0 Å². The molecule has 0 aliphatic carbocycles. The molecule has 5 heteroatoms. The van der Waals surface area contributed by atoms with Crippen LogP contribution in [0.25, 0.3) is 0 Å². The van der Waals surface area contributed by atoms with Crippen LogP contribution in [0.3, 0.4) is 0 Å². The van der Waals surface area contributed by atoms with Crippen molar-refractivity contribution < 1.29 is 0 Å². The Kier molecular flexibility index (Phi) is 6.86. The molecule has 0 unspecified atom stereocenters. The summed E-state index contributed by atoms with van der Waals surface area (Å²) in [6, 6.07) is 0. The molecular formula is C14H23IN2OS. The second-order valence-electron chi connectivity index (χ2n) is 5.24. The van der Waals surface area contributed by atoms with Crippen LogP contribution in [0.1, 0.15) is 45.2 Å². The molecule has 1 aromatic heterocycles. The second kappa shape index (κ2) is 7.67. The summed E-state index contributed by atoms with van der Waals surface area (Å²) in [6.07, 6.45) is 6.11. The molecule has 0 fully saturated rings. The van der Waals surface area contributed by atoms with Gasteiger partial charge in [0.2, 0.25) is 0 Å². The van der Waals surface area contributed by atoms with E-state index in [-0.39, 0.29) is 11.0 Å². The number of hydrogen-bond donors (Lipinski definition) is 1. The number of rotatable bonds is 7. The lowest BCUT2D eigenvalue weighted by molar-refractivity contribution is 0.227.